The normalized spacial score (nSPS) is 18.7. The SMILES string of the molecule is Cc1cccc(C(=O)N2CCC3(CC2)OC[C@@H](C(=O)NCc2ccco2)N3C(=O)c2cccc(C)c2)c1. The van der Waals surface area contributed by atoms with Crippen LogP contribution in [0, 0.1) is 13.8 Å². The topological polar surface area (TPSA) is 92.1 Å². The summed E-state index contributed by atoms with van der Waals surface area (Å²) in [5.74, 6) is 0.0349. The maximum atomic E-state index is 13.9. The lowest BCUT2D eigenvalue weighted by atomic mass is 9.95. The quantitative estimate of drug-likeness (QED) is 0.576. The lowest BCUT2D eigenvalue weighted by Gasteiger charge is -2.44. The van der Waals surface area contributed by atoms with E-state index in [4.69, 9.17) is 9.15 Å². The van der Waals surface area contributed by atoms with E-state index in [2.05, 4.69) is 5.32 Å². The average Bonchev–Trinajstić information content (AvgIpc) is 3.55. The zero-order valence-electron chi connectivity index (χ0n) is 21.1. The van der Waals surface area contributed by atoms with E-state index in [0.717, 1.165) is 11.1 Å². The zero-order chi connectivity index (χ0) is 26.0. The Bertz CT molecular complexity index is 1290. The zero-order valence-corrected chi connectivity index (χ0v) is 21.1. The number of nitrogens with one attached hydrogen (secondary N) is 1. The third-order valence-electron chi connectivity index (χ3n) is 7.16. The van der Waals surface area contributed by atoms with Crippen molar-refractivity contribution >= 4 is 17.7 Å². The molecule has 1 N–H and O–H groups in total. The van der Waals surface area contributed by atoms with E-state index >= 15 is 0 Å². The van der Waals surface area contributed by atoms with Crippen LogP contribution < -0.4 is 5.32 Å². The second kappa shape index (κ2) is 10.2. The second-order valence-corrected chi connectivity index (χ2v) is 9.78. The molecular formula is C29H31N3O5. The number of nitrogens with zero attached hydrogens (tertiary/aromatic N) is 2. The fourth-order valence-electron chi connectivity index (χ4n) is 5.21. The molecule has 192 valence electrons. The molecular weight excluding hydrogens is 470 g/mol. The van der Waals surface area contributed by atoms with Gasteiger partial charge in [-0.3, -0.25) is 19.3 Å². The van der Waals surface area contributed by atoms with E-state index in [1.54, 1.807) is 34.3 Å². The van der Waals surface area contributed by atoms with Crippen molar-refractivity contribution in [1.29, 1.82) is 0 Å². The number of carbonyl (C=O) groups is 3. The van der Waals surface area contributed by atoms with Crippen LogP contribution in [-0.4, -0.2) is 59.0 Å². The number of hydrogen-bond acceptors (Lipinski definition) is 5. The minimum Gasteiger partial charge on any atom is -0.467 e. The van der Waals surface area contributed by atoms with Crippen molar-refractivity contribution in [1.82, 2.24) is 15.1 Å². The number of ether oxygens (including phenoxy) is 1. The maximum absolute atomic E-state index is 13.9. The molecule has 2 saturated heterocycles. The predicted octanol–water partition coefficient (Wildman–Crippen LogP) is 3.69. The van der Waals surface area contributed by atoms with Crippen LogP contribution >= 0.6 is 0 Å². The monoisotopic (exact) mass is 501 g/mol. The molecule has 0 saturated carbocycles. The van der Waals surface area contributed by atoms with Gasteiger partial charge in [-0.1, -0.05) is 35.4 Å². The molecule has 1 atom stereocenters. The minimum absolute atomic E-state index is 0.0409. The number of aryl methyl sites for hydroxylation is 2. The number of furan rings is 1. The standard InChI is InChI=1S/C29H31N3O5/c1-20-6-3-8-22(16-20)27(34)31-13-11-29(12-14-31)32(28(35)23-9-4-7-21(2)17-23)25(19-37-29)26(33)30-18-24-10-5-15-36-24/h3-10,15-17,25H,11-14,18-19H2,1-2H3,(H,30,33)/t25-/m0/s1. The molecule has 1 aromatic heterocycles. The highest BCUT2D eigenvalue weighted by molar-refractivity contribution is 5.99. The Labute approximate surface area is 216 Å². The predicted molar refractivity (Wildman–Crippen MR) is 137 cm³/mol. The van der Waals surface area contributed by atoms with Crippen LogP contribution in [0.25, 0.3) is 0 Å². The largest absolute Gasteiger partial charge is 0.467 e. The van der Waals surface area contributed by atoms with Crippen molar-refractivity contribution in [3.8, 4) is 0 Å². The Hall–Kier alpha value is -3.91. The highest BCUT2D eigenvalue weighted by Gasteiger charge is 2.54. The molecule has 2 aliphatic heterocycles. The third-order valence-corrected chi connectivity index (χ3v) is 7.16. The number of piperidine rings is 1. The first-order chi connectivity index (χ1) is 17.9. The molecule has 0 aliphatic carbocycles. The van der Waals surface area contributed by atoms with Gasteiger partial charge in [0.15, 0.2) is 0 Å². The van der Waals surface area contributed by atoms with Crippen LogP contribution in [0.5, 0.6) is 0 Å². The van der Waals surface area contributed by atoms with E-state index in [9.17, 15) is 14.4 Å². The molecule has 5 rings (SSSR count). The van der Waals surface area contributed by atoms with Gasteiger partial charge in [-0.25, -0.2) is 0 Å². The Morgan fingerprint density at radius 2 is 1.57 bits per heavy atom. The van der Waals surface area contributed by atoms with Gasteiger partial charge < -0.3 is 19.4 Å². The second-order valence-electron chi connectivity index (χ2n) is 9.78. The summed E-state index contributed by atoms with van der Waals surface area (Å²) in [6.07, 6.45) is 2.39. The Morgan fingerprint density at radius 1 is 0.919 bits per heavy atom. The molecule has 3 amide bonds. The van der Waals surface area contributed by atoms with Crippen molar-refractivity contribution in [2.75, 3.05) is 19.7 Å². The van der Waals surface area contributed by atoms with Gasteiger partial charge in [-0.05, 0) is 50.2 Å². The summed E-state index contributed by atoms with van der Waals surface area (Å²) in [5.41, 5.74) is 2.17. The summed E-state index contributed by atoms with van der Waals surface area (Å²) in [7, 11) is 0. The summed E-state index contributed by atoms with van der Waals surface area (Å²) in [6.45, 7) is 5.04. The van der Waals surface area contributed by atoms with Gasteiger partial charge in [0.25, 0.3) is 11.8 Å². The highest BCUT2D eigenvalue weighted by Crippen LogP contribution is 2.39. The van der Waals surface area contributed by atoms with Crippen LogP contribution in [0.4, 0.5) is 0 Å². The van der Waals surface area contributed by atoms with Gasteiger partial charge in [-0.15, -0.1) is 0 Å². The van der Waals surface area contributed by atoms with Gasteiger partial charge in [-0.2, -0.15) is 0 Å². The van der Waals surface area contributed by atoms with Crippen molar-refractivity contribution in [2.24, 2.45) is 0 Å². The van der Waals surface area contributed by atoms with Crippen molar-refractivity contribution in [3.05, 3.63) is 94.9 Å². The van der Waals surface area contributed by atoms with Gasteiger partial charge in [0.1, 0.15) is 17.5 Å². The molecule has 0 radical (unpaired) electrons. The Balaban J connectivity index is 1.37. The van der Waals surface area contributed by atoms with Crippen LogP contribution in [0.15, 0.2) is 71.3 Å². The van der Waals surface area contributed by atoms with E-state index < -0.39 is 11.8 Å². The molecule has 2 aliphatic rings. The highest BCUT2D eigenvalue weighted by atomic mass is 16.5. The van der Waals surface area contributed by atoms with E-state index in [1.165, 1.54) is 0 Å². The summed E-state index contributed by atoms with van der Waals surface area (Å²) < 4.78 is 11.6. The molecule has 1 spiro atoms. The average molecular weight is 502 g/mol. The smallest absolute Gasteiger partial charge is 0.256 e. The molecule has 8 heteroatoms. The summed E-state index contributed by atoms with van der Waals surface area (Å²) in [4.78, 5) is 43.7. The number of carbonyl (C=O) groups excluding carboxylic acids is 3. The summed E-state index contributed by atoms with van der Waals surface area (Å²) in [5, 5.41) is 2.88. The van der Waals surface area contributed by atoms with Crippen LogP contribution in [0.3, 0.4) is 0 Å². The summed E-state index contributed by atoms with van der Waals surface area (Å²) >= 11 is 0. The molecule has 3 heterocycles. The molecule has 0 bridgehead atoms. The molecule has 3 aromatic rings. The minimum atomic E-state index is -0.961. The van der Waals surface area contributed by atoms with E-state index in [-0.39, 0.29) is 30.9 Å². The van der Waals surface area contributed by atoms with Gasteiger partial charge in [0, 0.05) is 37.1 Å². The van der Waals surface area contributed by atoms with Crippen LogP contribution in [0.1, 0.15) is 50.4 Å². The first-order valence-corrected chi connectivity index (χ1v) is 12.6. The first kappa shape index (κ1) is 24.8. The number of amides is 3. The Morgan fingerprint density at radius 3 is 2.16 bits per heavy atom. The van der Waals surface area contributed by atoms with Crippen LogP contribution in [-0.2, 0) is 16.1 Å². The fourth-order valence-corrected chi connectivity index (χ4v) is 5.21. The van der Waals surface area contributed by atoms with Crippen molar-refractivity contribution < 1.29 is 23.5 Å². The number of benzene rings is 2. The molecule has 8 nitrogen and oxygen atoms in total. The molecule has 2 aromatic carbocycles. The Kier molecular flexibility index (Phi) is 6.84. The lowest BCUT2D eigenvalue weighted by molar-refractivity contribution is -0.128. The number of likely N-dealkylation sites (tertiary alicyclic amines) is 1. The number of hydrogen-bond donors (Lipinski definition) is 1. The first-order valence-electron chi connectivity index (χ1n) is 12.6. The third kappa shape index (κ3) is 5.02. The number of rotatable bonds is 5. The van der Waals surface area contributed by atoms with Gasteiger partial charge >= 0.3 is 0 Å². The van der Waals surface area contributed by atoms with Gasteiger partial charge in [0.2, 0.25) is 5.91 Å². The molecule has 2 fully saturated rings. The molecule has 0 unspecified atom stereocenters. The van der Waals surface area contributed by atoms with Crippen molar-refractivity contribution in [2.45, 2.75) is 45.0 Å². The fraction of sp³-hybridized carbons (Fsp3) is 0.345. The van der Waals surface area contributed by atoms with Crippen molar-refractivity contribution in [3.63, 3.8) is 0 Å². The maximum Gasteiger partial charge on any atom is 0.256 e. The van der Waals surface area contributed by atoms with Crippen LogP contribution in [0.2, 0.25) is 0 Å². The molecule has 37 heavy (non-hydrogen) atoms. The van der Waals surface area contributed by atoms with Gasteiger partial charge in [0.05, 0.1) is 19.4 Å². The van der Waals surface area contributed by atoms with E-state index in [1.807, 2.05) is 56.3 Å². The summed E-state index contributed by atoms with van der Waals surface area (Å²) in [6, 6.07) is 17.6. The van der Waals surface area contributed by atoms with E-state index in [0.29, 0.717) is 42.8 Å². The lowest BCUT2D eigenvalue weighted by Crippen LogP contribution is -2.59.